The van der Waals surface area contributed by atoms with Crippen LogP contribution in [0.2, 0.25) is 0 Å². The summed E-state index contributed by atoms with van der Waals surface area (Å²) < 4.78 is 5.48. The van der Waals surface area contributed by atoms with Gasteiger partial charge in [-0.1, -0.05) is 12.1 Å². The van der Waals surface area contributed by atoms with Crippen molar-refractivity contribution >= 4 is 28.2 Å². The van der Waals surface area contributed by atoms with Crippen LogP contribution in [0.5, 0.6) is 0 Å². The Kier molecular flexibility index (Phi) is 5.37. The highest BCUT2D eigenvalue weighted by molar-refractivity contribution is 6.07. The number of pyridine rings is 1. The van der Waals surface area contributed by atoms with Crippen LogP contribution in [-0.2, 0) is 4.74 Å². The largest absolute Gasteiger partial charge is 0.478 e. The average molecular weight is 384 g/mol. The summed E-state index contributed by atoms with van der Waals surface area (Å²) in [6.45, 7) is 5.10. The van der Waals surface area contributed by atoms with E-state index in [4.69, 9.17) is 4.74 Å². The van der Waals surface area contributed by atoms with Crippen molar-refractivity contribution in [2.75, 3.05) is 63.3 Å². The summed E-state index contributed by atoms with van der Waals surface area (Å²) in [6, 6.07) is 6.40. The Balaban J connectivity index is 1.80. The molecule has 28 heavy (non-hydrogen) atoms. The zero-order chi connectivity index (χ0) is 19.7. The van der Waals surface area contributed by atoms with Gasteiger partial charge in [0.15, 0.2) is 0 Å². The summed E-state index contributed by atoms with van der Waals surface area (Å²) in [4.78, 5) is 23.3. The fourth-order valence-electron chi connectivity index (χ4n) is 4.35. The number of aromatic carboxylic acids is 1. The number of hydrogen-bond donors (Lipinski definition) is 1. The molecule has 2 aromatic rings. The second-order valence-electron chi connectivity index (χ2n) is 7.74. The first kappa shape index (κ1) is 19.0. The van der Waals surface area contributed by atoms with Gasteiger partial charge in [-0.25, -0.2) is 4.79 Å². The molecule has 1 aromatic carbocycles. The van der Waals surface area contributed by atoms with Crippen LogP contribution in [0.25, 0.3) is 10.9 Å². The quantitative estimate of drug-likeness (QED) is 0.867. The smallest absolute Gasteiger partial charge is 0.339 e. The van der Waals surface area contributed by atoms with E-state index in [-0.39, 0.29) is 5.56 Å². The number of nitrogens with zero attached hydrogens (tertiary/aromatic N) is 4. The van der Waals surface area contributed by atoms with Gasteiger partial charge in [-0.2, -0.15) is 0 Å². The standard InChI is InChI=1S/C21H28N4O3/c1-23-8-6-15(7-9-23)24(2)20-16-4-3-5-18(25-10-12-28-13-11-25)19(16)22-14-17(20)21(26)27/h3-5,14-15H,6-13H2,1-2H3,(H,26,27). The van der Waals surface area contributed by atoms with Crippen molar-refractivity contribution in [3.63, 3.8) is 0 Å². The maximum atomic E-state index is 12.0. The molecule has 0 unspecified atom stereocenters. The minimum absolute atomic E-state index is 0.271. The molecule has 0 radical (unpaired) electrons. The van der Waals surface area contributed by atoms with Crippen molar-refractivity contribution in [1.82, 2.24) is 9.88 Å². The fourth-order valence-corrected chi connectivity index (χ4v) is 4.35. The lowest BCUT2D eigenvalue weighted by molar-refractivity contribution is 0.0697. The van der Waals surface area contributed by atoms with Crippen LogP contribution in [0.3, 0.4) is 0 Å². The number of anilines is 2. The maximum Gasteiger partial charge on any atom is 0.339 e. The number of carboxylic acid groups (broad SMARTS) is 1. The Bertz CT molecular complexity index is 858. The average Bonchev–Trinajstić information content (AvgIpc) is 2.73. The number of morpholine rings is 1. The molecule has 0 saturated carbocycles. The SMILES string of the molecule is CN1CCC(N(C)c2c(C(=O)O)cnc3c(N4CCOCC4)cccc23)CC1. The van der Waals surface area contributed by atoms with Gasteiger partial charge in [0.1, 0.15) is 5.56 Å². The van der Waals surface area contributed by atoms with E-state index in [1.165, 1.54) is 6.20 Å². The van der Waals surface area contributed by atoms with Crippen molar-refractivity contribution in [2.45, 2.75) is 18.9 Å². The van der Waals surface area contributed by atoms with Crippen LogP contribution < -0.4 is 9.80 Å². The number of para-hydroxylation sites is 1. The molecule has 7 nitrogen and oxygen atoms in total. The molecule has 2 aliphatic rings. The van der Waals surface area contributed by atoms with Crippen LogP contribution in [0.4, 0.5) is 11.4 Å². The third-order valence-corrected chi connectivity index (χ3v) is 6.02. The number of hydrogen-bond acceptors (Lipinski definition) is 6. The zero-order valence-corrected chi connectivity index (χ0v) is 16.6. The summed E-state index contributed by atoms with van der Waals surface area (Å²) in [6.07, 6.45) is 3.58. The predicted molar refractivity (Wildman–Crippen MR) is 111 cm³/mol. The summed E-state index contributed by atoms with van der Waals surface area (Å²) >= 11 is 0. The maximum absolute atomic E-state index is 12.0. The normalized spacial score (nSPS) is 19.1. The van der Waals surface area contributed by atoms with Gasteiger partial charge in [0.05, 0.1) is 30.1 Å². The first-order valence-corrected chi connectivity index (χ1v) is 9.95. The lowest BCUT2D eigenvalue weighted by atomic mass is 10.00. The molecule has 150 valence electrons. The van der Waals surface area contributed by atoms with E-state index in [2.05, 4.69) is 32.8 Å². The molecule has 4 rings (SSSR count). The highest BCUT2D eigenvalue weighted by atomic mass is 16.5. The number of ether oxygens (including phenoxy) is 1. The number of carbonyl (C=O) groups is 1. The van der Waals surface area contributed by atoms with Crippen LogP contribution in [0.15, 0.2) is 24.4 Å². The molecule has 0 amide bonds. The molecule has 0 atom stereocenters. The molecule has 1 N–H and O–H groups in total. The van der Waals surface area contributed by atoms with Gasteiger partial charge in [-0.15, -0.1) is 0 Å². The summed E-state index contributed by atoms with van der Waals surface area (Å²) in [5.41, 5.74) is 2.97. The van der Waals surface area contributed by atoms with Gasteiger partial charge < -0.3 is 24.5 Å². The van der Waals surface area contributed by atoms with E-state index in [1.807, 2.05) is 19.2 Å². The van der Waals surface area contributed by atoms with E-state index in [0.717, 1.165) is 61.3 Å². The first-order valence-electron chi connectivity index (χ1n) is 9.95. The number of aromatic nitrogens is 1. The van der Waals surface area contributed by atoms with Gasteiger partial charge in [-0.3, -0.25) is 4.98 Å². The van der Waals surface area contributed by atoms with Crippen LogP contribution >= 0.6 is 0 Å². The van der Waals surface area contributed by atoms with E-state index >= 15 is 0 Å². The number of piperidine rings is 1. The second-order valence-corrected chi connectivity index (χ2v) is 7.74. The zero-order valence-electron chi connectivity index (χ0n) is 16.6. The lowest BCUT2D eigenvalue weighted by Gasteiger charge is -2.37. The molecule has 0 aliphatic carbocycles. The van der Waals surface area contributed by atoms with Crippen molar-refractivity contribution in [3.8, 4) is 0 Å². The summed E-state index contributed by atoms with van der Waals surface area (Å²) in [7, 11) is 4.16. The van der Waals surface area contributed by atoms with Crippen LogP contribution in [-0.4, -0.2) is 80.5 Å². The van der Waals surface area contributed by atoms with E-state index in [0.29, 0.717) is 19.3 Å². The topological polar surface area (TPSA) is 69.1 Å². The van der Waals surface area contributed by atoms with E-state index < -0.39 is 5.97 Å². The fraction of sp³-hybridized carbons (Fsp3) is 0.524. The second kappa shape index (κ2) is 7.93. The summed E-state index contributed by atoms with van der Waals surface area (Å²) in [5.74, 6) is -0.930. The van der Waals surface area contributed by atoms with Gasteiger partial charge >= 0.3 is 5.97 Å². The van der Waals surface area contributed by atoms with Gasteiger partial charge in [0, 0.05) is 37.8 Å². The third-order valence-electron chi connectivity index (χ3n) is 6.02. The Hall–Kier alpha value is -2.38. The van der Waals surface area contributed by atoms with Crippen molar-refractivity contribution in [3.05, 3.63) is 30.0 Å². The van der Waals surface area contributed by atoms with Crippen molar-refractivity contribution in [1.29, 1.82) is 0 Å². The molecule has 2 aliphatic heterocycles. The minimum Gasteiger partial charge on any atom is -0.478 e. The van der Waals surface area contributed by atoms with E-state index in [9.17, 15) is 9.90 Å². The Labute approximate surface area is 165 Å². The highest BCUT2D eigenvalue weighted by Crippen LogP contribution is 2.36. The minimum atomic E-state index is -0.930. The van der Waals surface area contributed by atoms with Crippen LogP contribution in [0, 0.1) is 0 Å². The highest BCUT2D eigenvalue weighted by Gasteiger charge is 2.27. The Morgan fingerprint density at radius 1 is 1.21 bits per heavy atom. The molecular weight excluding hydrogens is 356 g/mol. The molecule has 2 fully saturated rings. The Morgan fingerprint density at radius 3 is 2.61 bits per heavy atom. The van der Waals surface area contributed by atoms with E-state index in [1.54, 1.807) is 0 Å². The Morgan fingerprint density at radius 2 is 1.93 bits per heavy atom. The van der Waals surface area contributed by atoms with Crippen LogP contribution in [0.1, 0.15) is 23.2 Å². The van der Waals surface area contributed by atoms with Gasteiger partial charge in [-0.05, 0) is 39.0 Å². The molecular formula is C21H28N4O3. The molecule has 2 saturated heterocycles. The number of rotatable bonds is 4. The molecule has 7 heteroatoms. The first-order chi connectivity index (χ1) is 13.6. The number of carboxylic acids is 1. The summed E-state index contributed by atoms with van der Waals surface area (Å²) in [5, 5.41) is 10.7. The van der Waals surface area contributed by atoms with Gasteiger partial charge in [0.25, 0.3) is 0 Å². The van der Waals surface area contributed by atoms with Crippen molar-refractivity contribution in [2.24, 2.45) is 0 Å². The molecule has 0 spiro atoms. The van der Waals surface area contributed by atoms with Crippen molar-refractivity contribution < 1.29 is 14.6 Å². The molecule has 0 bridgehead atoms. The lowest BCUT2D eigenvalue weighted by Crippen LogP contribution is -2.42. The molecule has 1 aromatic heterocycles. The molecule has 3 heterocycles. The predicted octanol–water partition coefficient (Wildman–Crippen LogP) is 2.30. The van der Waals surface area contributed by atoms with Gasteiger partial charge in [0.2, 0.25) is 0 Å². The third kappa shape index (κ3) is 3.52. The number of likely N-dealkylation sites (tertiary alicyclic amines) is 1. The monoisotopic (exact) mass is 384 g/mol. The number of benzene rings is 1. The number of fused-ring (bicyclic) bond motifs is 1.